The van der Waals surface area contributed by atoms with Crippen LogP contribution in [-0.4, -0.2) is 4.98 Å². The number of hydrogen-bond acceptors (Lipinski definition) is 3. The van der Waals surface area contributed by atoms with Crippen molar-refractivity contribution in [2.24, 2.45) is 0 Å². The molecule has 1 aromatic carbocycles. The SMILES string of the molecule is CC(Nc1ncccc1C#N)c1cccc(Br)c1. The van der Waals surface area contributed by atoms with Crippen LogP contribution in [0.25, 0.3) is 0 Å². The van der Waals surface area contributed by atoms with Crippen molar-refractivity contribution in [2.75, 3.05) is 5.32 Å². The fourth-order valence-corrected chi connectivity index (χ4v) is 2.09. The summed E-state index contributed by atoms with van der Waals surface area (Å²) in [7, 11) is 0. The van der Waals surface area contributed by atoms with Gasteiger partial charge in [0.1, 0.15) is 11.9 Å². The van der Waals surface area contributed by atoms with Gasteiger partial charge in [0, 0.05) is 10.7 Å². The Balaban J connectivity index is 2.22. The molecule has 3 nitrogen and oxygen atoms in total. The van der Waals surface area contributed by atoms with Gasteiger partial charge in [0.2, 0.25) is 0 Å². The number of hydrogen-bond donors (Lipinski definition) is 1. The second-order valence-corrected chi connectivity index (χ2v) is 4.85. The van der Waals surface area contributed by atoms with Crippen LogP contribution in [0.3, 0.4) is 0 Å². The molecule has 4 heteroatoms. The molecule has 18 heavy (non-hydrogen) atoms. The molecule has 0 saturated heterocycles. The molecule has 1 unspecified atom stereocenters. The Morgan fingerprint density at radius 2 is 2.17 bits per heavy atom. The first-order chi connectivity index (χ1) is 8.70. The highest BCUT2D eigenvalue weighted by Crippen LogP contribution is 2.22. The van der Waals surface area contributed by atoms with Crippen LogP contribution in [0.4, 0.5) is 5.82 Å². The van der Waals surface area contributed by atoms with Crippen LogP contribution in [-0.2, 0) is 0 Å². The lowest BCUT2D eigenvalue weighted by Crippen LogP contribution is -2.09. The van der Waals surface area contributed by atoms with E-state index in [1.807, 2.05) is 31.2 Å². The lowest BCUT2D eigenvalue weighted by Gasteiger charge is -2.15. The van der Waals surface area contributed by atoms with Crippen LogP contribution in [0.15, 0.2) is 47.1 Å². The quantitative estimate of drug-likeness (QED) is 0.935. The second kappa shape index (κ2) is 5.65. The van der Waals surface area contributed by atoms with Gasteiger partial charge in [-0.1, -0.05) is 28.1 Å². The third-order valence-corrected chi connectivity index (χ3v) is 3.12. The first-order valence-corrected chi connectivity index (χ1v) is 6.37. The maximum Gasteiger partial charge on any atom is 0.144 e. The molecule has 0 aliphatic carbocycles. The molecule has 90 valence electrons. The molecule has 0 aliphatic heterocycles. The third-order valence-electron chi connectivity index (χ3n) is 2.63. The van der Waals surface area contributed by atoms with Gasteiger partial charge in [0.05, 0.1) is 11.6 Å². The molecule has 0 fully saturated rings. The standard InChI is InChI=1S/C14H12BrN3/c1-10(11-4-2-6-13(15)8-11)18-14-12(9-16)5-3-7-17-14/h2-8,10H,1H3,(H,17,18). The van der Waals surface area contributed by atoms with E-state index in [2.05, 4.69) is 32.3 Å². The monoisotopic (exact) mass is 301 g/mol. The van der Waals surface area contributed by atoms with Crippen LogP contribution < -0.4 is 5.32 Å². The van der Waals surface area contributed by atoms with Gasteiger partial charge >= 0.3 is 0 Å². The van der Waals surface area contributed by atoms with Crippen molar-refractivity contribution in [1.82, 2.24) is 4.98 Å². The Morgan fingerprint density at radius 1 is 1.33 bits per heavy atom. The average molecular weight is 302 g/mol. The van der Waals surface area contributed by atoms with E-state index in [9.17, 15) is 0 Å². The van der Waals surface area contributed by atoms with E-state index < -0.39 is 0 Å². The predicted octanol–water partition coefficient (Wildman–Crippen LogP) is 3.89. The topological polar surface area (TPSA) is 48.7 Å². The number of nitriles is 1. The van der Waals surface area contributed by atoms with E-state index in [4.69, 9.17) is 5.26 Å². The zero-order valence-corrected chi connectivity index (χ0v) is 11.5. The number of rotatable bonds is 3. The first kappa shape index (κ1) is 12.6. The van der Waals surface area contributed by atoms with Gasteiger partial charge in [0.25, 0.3) is 0 Å². The van der Waals surface area contributed by atoms with E-state index in [1.54, 1.807) is 18.3 Å². The smallest absolute Gasteiger partial charge is 0.144 e. The maximum atomic E-state index is 9.01. The molecule has 0 saturated carbocycles. The Kier molecular flexibility index (Phi) is 3.96. The molecular weight excluding hydrogens is 290 g/mol. The zero-order valence-electron chi connectivity index (χ0n) is 9.89. The van der Waals surface area contributed by atoms with Crippen molar-refractivity contribution < 1.29 is 0 Å². The highest BCUT2D eigenvalue weighted by molar-refractivity contribution is 9.10. The largest absolute Gasteiger partial charge is 0.362 e. The molecule has 0 spiro atoms. The first-order valence-electron chi connectivity index (χ1n) is 5.58. The van der Waals surface area contributed by atoms with Crippen molar-refractivity contribution in [1.29, 1.82) is 5.26 Å². The van der Waals surface area contributed by atoms with Crippen molar-refractivity contribution >= 4 is 21.7 Å². The van der Waals surface area contributed by atoms with E-state index in [-0.39, 0.29) is 6.04 Å². The predicted molar refractivity (Wildman–Crippen MR) is 75.1 cm³/mol. The Hall–Kier alpha value is -1.86. The Labute approximate surface area is 115 Å². The minimum atomic E-state index is 0.0875. The van der Waals surface area contributed by atoms with Crippen LogP contribution >= 0.6 is 15.9 Å². The summed E-state index contributed by atoms with van der Waals surface area (Å²) in [4.78, 5) is 4.19. The van der Waals surface area contributed by atoms with Crippen molar-refractivity contribution in [2.45, 2.75) is 13.0 Å². The third kappa shape index (κ3) is 2.88. The summed E-state index contributed by atoms with van der Waals surface area (Å²) < 4.78 is 1.04. The molecule has 1 atom stereocenters. The Morgan fingerprint density at radius 3 is 2.89 bits per heavy atom. The normalized spacial score (nSPS) is 11.6. The average Bonchev–Trinajstić information content (AvgIpc) is 2.39. The van der Waals surface area contributed by atoms with E-state index >= 15 is 0 Å². The fraction of sp³-hybridized carbons (Fsp3) is 0.143. The summed E-state index contributed by atoms with van der Waals surface area (Å²) >= 11 is 3.45. The number of aromatic nitrogens is 1. The lowest BCUT2D eigenvalue weighted by molar-refractivity contribution is 0.872. The maximum absolute atomic E-state index is 9.01. The van der Waals surface area contributed by atoms with Crippen LogP contribution in [0.2, 0.25) is 0 Å². The molecular formula is C14H12BrN3. The molecule has 2 rings (SSSR count). The van der Waals surface area contributed by atoms with Crippen molar-refractivity contribution in [3.63, 3.8) is 0 Å². The van der Waals surface area contributed by atoms with Gasteiger partial charge in [0.15, 0.2) is 0 Å². The molecule has 0 aliphatic rings. The van der Waals surface area contributed by atoms with Crippen LogP contribution in [0.1, 0.15) is 24.1 Å². The van der Waals surface area contributed by atoms with Crippen LogP contribution in [0, 0.1) is 11.3 Å². The zero-order chi connectivity index (χ0) is 13.0. The molecule has 1 heterocycles. The van der Waals surface area contributed by atoms with Gasteiger partial charge in [-0.2, -0.15) is 5.26 Å². The number of nitrogens with one attached hydrogen (secondary N) is 1. The summed E-state index contributed by atoms with van der Waals surface area (Å²) in [6, 6.07) is 13.8. The molecule has 1 aromatic heterocycles. The van der Waals surface area contributed by atoms with E-state index in [1.165, 1.54) is 0 Å². The number of pyridine rings is 1. The fourth-order valence-electron chi connectivity index (χ4n) is 1.67. The lowest BCUT2D eigenvalue weighted by atomic mass is 10.1. The minimum Gasteiger partial charge on any atom is -0.362 e. The number of nitrogens with zero attached hydrogens (tertiary/aromatic N) is 2. The Bertz CT molecular complexity index is 590. The van der Waals surface area contributed by atoms with Crippen LogP contribution in [0.5, 0.6) is 0 Å². The summed E-state index contributed by atoms with van der Waals surface area (Å²) in [5.41, 5.74) is 1.69. The minimum absolute atomic E-state index is 0.0875. The highest BCUT2D eigenvalue weighted by atomic mass is 79.9. The van der Waals surface area contributed by atoms with Gasteiger partial charge < -0.3 is 5.32 Å². The molecule has 2 aromatic rings. The summed E-state index contributed by atoms with van der Waals surface area (Å²) in [6.07, 6.45) is 1.68. The molecule has 0 bridgehead atoms. The van der Waals surface area contributed by atoms with Gasteiger partial charge in [-0.25, -0.2) is 4.98 Å². The van der Waals surface area contributed by atoms with E-state index in [0.717, 1.165) is 10.0 Å². The highest BCUT2D eigenvalue weighted by Gasteiger charge is 2.09. The van der Waals surface area contributed by atoms with E-state index in [0.29, 0.717) is 11.4 Å². The summed E-state index contributed by atoms with van der Waals surface area (Å²) in [5.74, 6) is 0.618. The number of anilines is 1. The van der Waals surface area contributed by atoms with Crippen molar-refractivity contribution in [3.8, 4) is 6.07 Å². The molecule has 0 amide bonds. The van der Waals surface area contributed by atoms with Gasteiger partial charge in [-0.3, -0.25) is 0 Å². The summed E-state index contributed by atoms with van der Waals surface area (Å²) in [5, 5.41) is 12.3. The second-order valence-electron chi connectivity index (χ2n) is 3.93. The molecule has 1 N–H and O–H groups in total. The van der Waals surface area contributed by atoms with Gasteiger partial charge in [-0.05, 0) is 36.8 Å². The summed E-state index contributed by atoms with van der Waals surface area (Å²) in [6.45, 7) is 2.04. The number of benzene rings is 1. The number of halogens is 1. The van der Waals surface area contributed by atoms with Crippen molar-refractivity contribution in [3.05, 3.63) is 58.2 Å². The van der Waals surface area contributed by atoms with Gasteiger partial charge in [-0.15, -0.1) is 0 Å². The molecule has 0 radical (unpaired) electrons.